The fourth-order valence-electron chi connectivity index (χ4n) is 3.98. The number of hydrogen-bond donors (Lipinski definition) is 0. The third-order valence-corrected chi connectivity index (χ3v) is 6.69. The van der Waals surface area contributed by atoms with Crippen LogP contribution in [0.1, 0.15) is 66.7 Å². The third kappa shape index (κ3) is 12.1. The van der Waals surface area contributed by atoms with E-state index in [-0.39, 0.29) is 29.9 Å². The quantitative estimate of drug-likeness (QED) is 0.0409. The minimum atomic E-state index is -1.87. The molecule has 0 heterocycles. The summed E-state index contributed by atoms with van der Waals surface area (Å²) in [5, 5.41) is 0. The van der Waals surface area contributed by atoms with Gasteiger partial charge < -0.3 is 28.4 Å². The van der Waals surface area contributed by atoms with Gasteiger partial charge in [0, 0.05) is 23.6 Å². The zero-order chi connectivity index (χ0) is 36.6. The molecule has 50 heavy (non-hydrogen) atoms. The minimum Gasteiger partial charge on any atom is -0.494 e. The van der Waals surface area contributed by atoms with E-state index in [9.17, 15) is 32.3 Å². The number of ether oxygens (including phenoxy) is 6. The van der Waals surface area contributed by atoms with Crippen molar-refractivity contribution in [1.29, 1.82) is 0 Å². The summed E-state index contributed by atoms with van der Waals surface area (Å²) in [7, 11) is 0. The Hall–Kier alpha value is -5.59. The normalized spacial score (nSPS) is 10.5. The van der Waals surface area contributed by atoms with Gasteiger partial charge in [-0.15, -0.1) is 0 Å². The molecule has 0 saturated heterocycles. The molecule has 10 nitrogen and oxygen atoms in total. The lowest BCUT2D eigenvalue weighted by Gasteiger charge is -2.12. The average Bonchev–Trinajstić information content (AvgIpc) is 3.10. The van der Waals surface area contributed by atoms with Crippen molar-refractivity contribution in [3.05, 3.63) is 107 Å². The highest BCUT2D eigenvalue weighted by Crippen LogP contribution is 2.32. The molecule has 0 bridgehead atoms. The molecule has 0 unspecified atom stereocenters. The molecule has 0 amide bonds. The van der Waals surface area contributed by atoms with Crippen LogP contribution in [0.25, 0.3) is 0 Å². The van der Waals surface area contributed by atoms with E-state index in [0.717, 1.165) is 19.3 Å². The van der Waals surface area contributed by atoms with Crippen LogP contribution in [0.5, 0.6) is 23.0 Å². The highest BCUT2D eigenvalue weighted by molar-refractivity contribution is 5.92. The van der Waals surface area contributed by atoms with E-state index >= 15 is 0 Å². The molecule has 3 aromatic rings. The second-order valence-corrected chi connectivity index (χ2v) is 10.9. The topological polar surface area (TPSA) is 124 Å². The van der Waals surface area contributed by atoms with Gasteiger partial charge in [0.05, 0.1) is 37.6 Å². The summed E-state index contributed by atoms with van der Waals surface area (Å²) in [6.07, 6.45) is 3.52. The first-order valence-electron chi connectivity index (χ1n) is 15.6. The Morgan fingerprint density at radius 2 is 1.02 bits per heavy atom. The smallest absolute Gasteiger partial charge is 0.343 e. The lowest BCUT2D eigenvalue weighted by molar-refractivity contribution is -0.140. The van der Waals surface area contributed by atoms with Crippen LogP contribution in [0.4, 0.5) is 13.2 Å². The van der Waals surface area contributed by atoms with Crippen molar-refractivity contribution in [2.45, 2.75) is 46.0 Å². The van der Waals surface area contributed by atoms with Crippen LogP contribution < -0.4 is 18.9 Å². The summed E-state index contributed by atoms with van der Waals surface area (Å²) in [6, 6.07) is 11.4. The van der Waals surface area contributed by atoms with Gasteiger partial charge >= 0.3 is 23.9 Å². The Bertz CT molecular complexity index is 1680. The second kappa shape index (κ2) is 19.4. The highest BCUT2D eigenvalue weighted by Gasteiger charge is 2.26. The molecule has 0 aliphatic carbocycles. The van der Waals surface area contributed by atoms with E-state index in [1.807, 2.05) is 0 Å². The number of carbonyl (C=O) groups excluding carboxylic acids is 4. The molecule has 13 heteroatoms. The number of rotatable bonds is 19. The monoisotopic (exact) mass is 698 g/mol. The van der Waals surface area contributed by atoms with Crippen LogP contribution in [0.3, 0.4) is 0 Å². The van der Waals surface area contributed by atoms with Gasteiger partial charge in [0.15, 0.2) is 11.6 Å². The fraction of sp³-hybridized carbons (Fsp3) is 0.297. The highest BCUT2D eigenvalue weighted by atomic mass is 19.2. The maximum absolute atomic E-state index is 14.8. The Morgan fingerprint density at radius 1 is 0.580 bits per heavy atom. The maximum atomic E-state index is 14.8. The van der Waals surface area contributed by atoms with Gasteiger partial charge in [-0.25, -0.2) is 23.6 Å². The number of esters is 4. The van der Waals surface area contributed by atoms with Gasteiger partial charge in [-0.05, 0) is 88.1 Å². The molecule has 0 saturated carbocycles. The van der Waals surface area contributed by atoms with E-state index in [4.69, 9.17) is 28.4 Å². The molecule has 3 rings (SSSR count). The van der Waals surface area contributed by atoms with Crippen LogP contribution in [0, 0.1) is 17.5 Å². The van der Waals surface area contributed by atoms with Gasteiger partial charge in [0.1, 0.15) is 11.5 Å². The lowest BCUT2D eigenvalue weighted by atomic mass is 10.2. The maximum Gasteiger partial charge on any atom is 0.343 e. The summed E-state index contributed by atoms with van der Waals surface area (Å²) >= 11 is 0. The molecule has 0 atom stereocenters. The largest absolute Gasteiger partial charge is 0.494 e. The molecule has 0 spiro atoms. The molecule has 0 radical (unpaired) electrons. The molecule has 0 aromatic heterocycles. The van der Waals surface area contributed by atoms with Gasteiger partial charge in [0.25, 0.3) is 0 Å². The minimum absolute atomic E-state index is 0.0454. The van der Waals surface area contributed by atoms with Gasteiger partial charge in [-0.1, -0.05) is 13.2 Å². The number of unbranched alkanes of at least 4 members (excludes halogenated alkanes) is 3. The summed E-state index contributed by atoms with van der Waals surface area (Å²) in [4.78, 5) is 47.8. The molecule has 0 aliphatic heterocycles. The SMILES string of the molecule is C=C(C)C(=O)OCCCCCCOc1ccc(C(=O)Oc2cc(F)c(OC(=O)c3ccc(OCCCOC(=O)C(=C)C)cc3)c(F)c2F)cc1. The number of hydrogen-bond acceptors (Lipinski definition) is 10. The summed E-state index contributed by atoms with van der Waals surface area (Å²) < 4.78 is 75.1. The van der Waals surface area contributed by atoms with Gasteiger partial charge in [-0.3, -0.25) is 0 Å². The first kappa shape index (κ1) is 38.9. The van der Waals surface area contributed by atoms with Crippen molar-refractivity contribution < 1.29 is 60.8 Å². The van der Waals surface area contributed by atoms with Crippen molar-refractivity contribution in [1.82, 2.24) is 0 Å². The molecule has 3 aromatic carbocycles. The van der Waals surface area contributed by atoms with Crippen molar-refractivity contribution in [2.24, 2.45) is 0 Å². The summed E-state index contributed by atoms with van der Waals surface area (Å²) in [5.74, 6) is -9.86. The van der Waals surface area contributed by atoms with E-state index in [2.05, 4.69) is 13.2 Å². The van der Waals surface area contributed by atoms with Crippen LogP contribution in [-0.2, 0) is 19.1 Å². The van der Waals surface area contributed by atoms with Crippen molar-refractivity contribution in [3.63, 3.8) is 0 Å². The van der Waals surface area contributed by atoms with Crippen LogP contribution >= 0.6 is 0 Å². The lowest BCUT2D eigenvalue weighted by Crippen LogP contribution is -2.14. The van der Waals surface area contributed by atoms with Crippen molar-refractivity contribution >= 4 is 23.9 Å². The van der Waals surface area contributed by atoms with Crippen LogP contribution in [-0.4, -0.2) is 50.3 Å². The first-order chi connectivity index (χ1) is 23.9. The Labute approximate surface area is 287 Å². The van der Waals surface area contributed by atoms with E-state index in [0.29, 0.717) is 49.2 Å². The first-order valence-corrected chi connectivity index (χ1v) is 15.6. The number of benzene rings is 3. The van der Waals surface area contributed by atoms with Crippen molar-refractivity contribution in [3.8, 4) is 23.0 Å². The standard InChI is InChI=1S/C37H37F3O10/c1-23(2)34(41)47-19-8-6-5-7-18-45-27-14-10-25(11-15-27)36(43)49-30-22-29(38)33(32(40)31(30)39)50-37(44)26-12-16-28(17-13-26)46-20-9-21-48-35(42)24(3)4/h10-17,22H,1,3,5-9,18-21H2,2,4H3. The fourth-order valence-corrected chi connectivity index (χ4v) is 3.98. The molecule has 266 valence electrons. The van der Waals surface area contributed by atoms with E-state index < -0.39 is 52.8 Å². The Balaban J connectivity index is 1.46. The zero-order valence-corrected chi connectivity index (χ0v) is 27.7. The predicted molar refractivity (Wildman–Crippen MR) is 175 cm³/mol. The van der Waals surface area contributed by atoms with Gasteiger partial charge in [-0.2, -0.15) is 8.78 Å². The Morgan fingerprint density at radius 3 is 1.52 bits per heavy atom. The van der Waals surface area contributed by atoms with Gasteiger partial charge in [0.2, 0.25) is 17.4 Å². The second-order valence-electron chi connectivity index (χ2n) is 10.9. The third-order valence-electron chi connectivity index (χ3n) is 6.69. The van der Waals surface area contributed by atoms with E-state index in [1.165, 1.54) is 55.5 Å². The van der Waals surface area contributed by atoms with Crippen molar-refractivity contribution in [2.75, 3.05) is 26.4 Å². The predicted octanol–water partition coefficient (Wildman–Crippen LogP) is 7.49. The van der Waals surface area contributed by atoms with Crippen LogP contribution in [0.2, 0.25) is 0 Å². The Kier molecular flexibility index (Phi) is 15.1. The molecule has 0 aliphatic rings. The molecule has 0 N–H and O–H groups in total. The van der Waals surface area contributed by atoms with E-state index in [1.54, 1.807) is 6.92 Å². The number of carbonyl (C=O) groups is 4. The summed E-state index contributed by atoms with van der Waals surface area (Å²) in [6.45, 7) is 11.1. The molecule has 0 fully saturated rings. The summed E-state index contributed by atoms with van der Waals surface area (Å²) in [5.41, 5.74) is 0.465. The number of halogens is 3. The average molecular weight is 699 g/mol. The molecular formula is C37H37F3O10. The zero-order valence-electron chi connectivity index (χ0n) is 27.7. The molecular weight excluding hydrogens is 661 g/mol. The van der Waals surface area contributed by atoms with Crippen LogP contribution in [0.15, 0.2) is 78.9 Å².